The molecule has 1 unspecified atom stereocenters. The van der Waals surface area contributed by atoms with Crippen LogP contribution in [0.1, 0.15) is 85.0 Å². The normalized spacial score (nSPS) is 15.5. The van der Waals surface area contributed by atoms with Crippen LogP contribution in [0.15, 0.2) is 30.9 Å². The molecule has 0 radical (unpaired) electrons. The van der Waals surface area contributed by atoms with Gasteiger partial charge in [-0.15, -0.1) is 0 Å². The van der Waals surface area contributed by atoms with E-state index in [0.29, 0.717) is 12.8 Å². The Morgan fingerprint density at radius 3 is 2.50 bits per heavy atom. The van der Waals surface area contributed by atoms with Crippen LogP contribution < -0.4 is 5.32 Å². The molecule has 0 saturated heterocycles. The number of imidazole rings is 1. The Morgan fingerprint density at radius 2 is 1.95 bits per heavy atom. The van der Waals surface area contributed by atoms with E-state index in [2.05, 4.69) is 68.5 Å². The number of nitrogens with zero attached hydrogens (tertiary/aromatic N) is 6. The number of aromatic nitrogens is 6. The average molecular weight is 633 g/mol. The van der Waals surface area contributed by atoms with E-state index in [1.165, 1.54) is 11.5 Å². The molecule has 4 aromatic heterocycles. The molecule has 1 fully saturated rings. The van der Waals surface area contributed by atoms with Crippen molar-refractivity contribution in [3.63, 3.8) is 0 Å². The maximum absolute atomic E-state index is 12.7. The van der Waals surface area contributed by atoms with Crippen LogP contribution in [-0.2, 0) is 11.3 Å². The maximum Gasteiger partial charge on any atom is 0.401 e. The minimum atomic E-state index is -4.36. The highest BCUT2D eigenvalue weighted by Gasteiger charge is 2.63. The van der Waals surface area contributed by atoms with Crippen LogP contribution >= 0.6 is 11.5 Å². The molecular formula is C31H43F3N8OS. The lowest BCUT2D eigenvalue weighted by Gasteiger charge is -2.42. The number of carbonyl (C=O) groups excluding carboxylic acids is 1. The number of rotatable bonds is 11. The van der Waals surface area contributed by atoms with E-state index in [1.807, 2.05) is 29.9 Å². The van der Waals surface area contributed by atoms with E-state index < -0.39 is 23.3 Å². The van der Waals surface area contributed by atoms with Gasteiger partial charge in [-0.2, -0.15) is 22.6 Å². The number of hydrogen-bond donors (Lipinski definition) is 2. The monoisotopic (exact) mass is 632 g/mol. The Bertz CT molecular complexity index is 1540. The molecule has 0 aliphatic heterocycles. The predicted octanol–water partition coefficient (Wildman–Crippen LogP) is 7.97. The van der Waals surface area contributed by atoms with E-state index in [1.54, 1.807) is 20.0 Å². The first-order valence-electron chi connectivity index (χ1n) is 15.2. The number of halogens is 3. The van der Waals surface area contributed by atoms with E-state index >= 15 is 0 Å². The van der Waals surface area contributed by atoms with Crippen LogP contribution in [0.3, 0.4) is 0 Å². The molecular weight excluding hydrogens is 589 g/mol. The van der Waals surface area contributed by atoms with Crippen molar-refractivity contribution in [3.05, 3.63) is 42.2 Å². The van der Waals surface area contributed by atoms with E-state index in [9.17, 15) is 18.0 Å². The molecule has 240 valence electrons. The molecule has 2 N–H and O–H groups in total. The van der Waals surface area contributed by atoms with Gasteiger partial charge in [-0.1, -0.05) is 34.1 Å². The Morgan fingerprint density at radius 1 is 1.23 bits per heavy atom. The Balaban J connectivity index is 0.000000265. The number of Topliss-reactive ketones (excluding diaryl/α,β-unsaturated/α-hetero) is 1. The molecule has 44 heavy (non-hydrogen) atoms. The fourth-order valence-electron chi connectivity index (χ4n) is 5.39. The molecule has 1 aliphatic rings. The number of hydrogen-bond acceptors (Lipinski definition) is 8. The van der Waals surface area contributed by atoms with Crippen molar-refractivity contribution in [1.29, 1.82) is 0 Å². The standard InChI is InChI=1S/C21H28N8S.C10H15F3O/c1-6-21(4,5)28(7-2)13-16-8-18(30-27-16)26-19-20-22-11-17(15-9-23-24-10-15)29(20)12-14(3)25-19;1-3-7(2)8(14)9(5-4-6-9)10(11,12)13/h8-12H,6-7,13H2,1-5H3,(H,23,24)(H,25,26);7H,3-6H2,1-2H3. The number of fused-ring (bicyclic) bond motifs is 1. The Labute approximate surface area is 260 Å². The second-order valence-corrected chi connectivity index (χ2v) is 13.0. The van der Waals surface area contributed by atoms with Crippen LogP contribution in [0.5, 0.6) is 0 Å². The second kappa shape index (κ2) is 13.4. The summed E-state index contributed by atoms with van der Waals surface area (Å²) in [5.41, 5.74) is 2.85. The molecule has 1 saturated carbocycles. The van der Waals surface area contributed by atoms with Gasteiger partial charge in [0.25, 0.3) is 0 Å². The van der Waals surface area contributed by atoms with Gasteiger partial charge in [-0.3, -0.25) is 19.2 Å². The van der Waals surface area contributed by atoms with Crippen molar-refractivity contribution in [2.45, 2.75) is 98.8 Å². The zero-order valence-electron chi connectivity index (χ0n) is 26.5. The van der Waals surface area contributed by atoms with Crippen molar-refractivity contribution in [1.82, 2.24) is 33.8 Å². The molecule has 1 atom stereocenters. The van der Waals surface area contributed by atoms with Crippen LogP contribution in [-0.4, -0.2) is 57.9 Å². The first-order chi connectivity index (χ1) is 20.8. The van der Waals surface area contributed by atoms with Crippen molar-refractivity contribution >= 4 is 33.8 Å². The SMILES string of the molecule is CCC(C)C(=O)C1(C(F)(F)F)CCC1.CCN(Cc1cc(Nc2nc(C)cn3c(-c4cn[nH]c4)cnc23)sn1)C(C)(C)CC. The van der Waals surface area contributed by atoms with Crippen molar-refractivity contribution in [2.75, 3.05) is 11.9 Å². The van der Waals surface area contributed by atoms with Gasteiger partial charge in [0.05, 0.1) is 29.5 Å². The predicted molar refractivity (Wildman–Crippen MR) is 168 cm³/mol. The third-order valence-corrected chi connectivity index (χ3v) is 9.69. The Hall–Kier alpha value is -3.32. The summed E-state index contributed by atoms with van der Waals surface area (Å²) < 4.78 is 44.8. The van der Waals surface area contributed by atoms with Crippen molar-refractivity contribution in [3.8, 4) is 11.3 Å². The molecule has 4 aromatic rings. The van der Waals surface area contributed by atoms with Gasteiger partial charge in [0, 0.05) is 36.0 Å². The molecule has 13 heteroatoms. The first kappa shape index (κ1) is 33.6. The van der Waals surface area contributed by atoms with E-state index in [0.717, 1.165) is 58.6 Å². The Kier molecular flexibility index (Phi) is 10.2. The molecule has 4 heterocycles. The summed E-state index contributed by atoms with van der Waals surface area (Å²) in [6.45, 7) is 16.1. The number of carbonyl (C=O) groups is 1. The maximum atomic E-state index is 12.7. The van der Waals surface area contributed by atoms with Crippen molar-refractivity contribution in [2.24, 2.45) is 11.3 Å². The quantitative estimate of drug-likeness (QED) is 0.173. The number of alkyl halides is 3. The third kappa shape index (κ3) is 6.83. The number of ketones is 1. The van der Waals surface area contributed by atoms with Crippen molar-refractivity contribution < 1.29 is 18.0 Å². The number of aromatic amines is 1. The van der Waals surface area contributed by atoms with E-state index in [4.69, 9.17) is 0 Å². The summed E-state index contributed by atoms with van der Waals surface area (Å²) >= 11 is 1.45. The molecule has 0 aromatic carbocycles. The average Bonchev–Trinajstić information content (AvgIpc) is 3.71. The largest absolute Gasteiger partial charge is 0.401 e. The van der Waals surface area contributed by atoms with Gasteiger partial charge < -0.3 is 5.32 Å². The van der Waals surface area contributed by atoms with Crippen LogP contribution in [0.2, 0.25) is 0 Å². The number of nitrogens with one attached hydrogen (secondary N) is 2. The summed E-state index contributed by atoms with van der Waals surface area (Å²) in [6.07, 6.45) is 5.19. The number of anilines is 2. The minimum Gasteiger partial charge on any atom is -0.328 e. The smallest absolute Gasteiger partial charge is 0.328 e. The highest BCUT2D eigenvalue weighted by molar-refractivity contribution is 7.10. The van der Waals surface area contributed by atoms with Gasteiger partial charge >= 0.3 is 6.18 Å². The third-order valence-electron chi connectivity index (χ3n) is 8.94. The highest BCUT2D eigenvalue weighted by atomic mass is 32.1. The molecule has 0 spiro atoms. The second-order valence-electron chi connectivity index (χ2n) is 12.1. The molecule has 0 bridgehead atoms. The van der Waals surface area contributed by atoms with Crippen LogP contribution in [0, 0.1) is 18.3 Å². The summed E-state index contributed by atoms with van der Waals surface area (Å²) in [5.74, 6) is -0.364. The first-order valence-corrected chi connectivity index (χ1v) is 16.0. The molecule has 1 aliphatic carbocycles. The van der Waals surface area contributed by atoms with Gasteiger partial charge in [-0.05, 0) is 70.6 Å². The summed E-state index contributed by atoms with van der Waals surface area (Å²) in [7, 11) is 0. The molecule has 9 nitrogen and oxygen atoms in total. The van der Waals surface area contributed by atoms with Gasteiger partial charge in [-0.25, -0.2) is 9.97 Å². The summed E-state index contributed by atoms with van der Waals surface area (Å²) in [5, 5.41) is 11.3. The molecule has 0 amide bonds. The van der Waals surface area contributed by atoms with E-state index in [-0.39, 0.29) is 18.4 Å². The minimum absolute atomic E-state index is 0.0142. The lowest BCUT2D eigenvalue weighted by atomic mass is 9.62. The zero-order chi connectivity index (χ0) is 32.3. The lowest BCUT2D eigenvalue weighted by Crippen LogP contribution is -2.52. The topological polar surface area (TPSA) is 104 Å². The van der Waals surface area contributed by atoms with Crippen LogP contribution in [0.4, 0.5) is 24.0 Å². The number of aryl methyl sites for hydroxylation is 1. The highest BCUT2D eigenvalue weighted by Crippen LogP contribution is 2.54. The summed E-state index contributed by atoms with van der Waals surface area (Å²) in [6, 6.07) is 2.11. The molecule has 5 rings (SSSR count). The lowest BCUT2D eigenvalue weighted by molar-refractivity contribution is -0.243. The number of H-pyrrole nitrogens is 1. The van der Waals surface area contributed by atoms with Gasteiger partial charge in [0.2, 0.25) is 0 Å². The zero-order valence-corrected chi connectivity index (χ0v) is 27.4. The van der Waals surface area contributed by atoms with Crippen LogP contribution in [0.25, 0.3) is 16.9 Å². The summed E-state index contributed by atoms with van der Waals surface area (Å²) in [4.78, 5) is 23.3. The fraction of sp³-hybridized carbons (Fsp3) is 0.581. The van der Waals surface area contributed by atoms with Gasteiger partial charge in [0.15, 0.2) is 17.2 Å². The fourth-order valence-corrected chi connectivity index (χ4v) is 6.05. The van der Waals surface area contributed by atoms with Gasteiger partial charge in [0.1, 0.15) is 10.4 Å².